The highest BCUT2D eigenvalue weighted by Crippen LogP contribution is 2.19. The Morgan fingerprint density at radius 1 is 1.40 bits per heavy atom. The fourth-order valence-electron chi connectivity index (χ4n) is 1.43. The summed E-state index contributed by atoms with van der Waals surface area (Å²) in [6.45, 7) is 0. The van der Waals surface area contributed by atoms with Crippen molar-refractivity contribution in [2.45, 2.75) is 6.42 Å². The Bertz CT molecular complexity index is 637. The maximum absolute atomic E-state index is 11.8. The van der Waals surface area contributed by atoms with Crippen LogP contribution in [0.5, 0.6) is 0 Å². The smallest absolute Gasteiger partial charge is 0.328 e. The Hall–Kier alpha value is -2.54. The number of thiazole rings is 1. The number of nitrogens with zero attached hydrogens (tertiary/aromatic N) is 2. The number of pyridine rings is 1. The first kappa shape index (κ1) is 13.9. The van der Waals surface area contributed by atoms with E-state index in [0.717, 1.165) is 11.6 Å². The van der Waals surface area contributed by atoms with E-state index in [1.165, 1.54) is 23.6 Å². The fraction of sp³-hybridized carbons (Fsp3) is 0.0769. The number of nitrogens with one attached hydrogen (secondary N) is 1. The fourth-order valence-corrected chi connectivity index (χ4v) is 2.16. The lowest BCUT2D eigenvalue weighted by molar-refractivity contribution is -0.131. The lowest BCUT2D eigenvalue weighted by Gasteiger charge is -2.00. The molecule has 2 rings (SSSR count). The lowest BCUT2D eigenvalue weighted by Crippen LogP contribution is -2.14. The number of carboxylic acid groups (broad SMARTS) is 1. The third kappa shape index (κ3) is 4.29. The summed E-state index contributed by atoms with van der Waals surface area (Å²) in [5.74, 6) is -1.22. The van der Waals surface area contributed by atoms with Gasteiger partial charge >= 0.3 is 5.97 Å². The van der Waals surface area contributed by atoms with Crippen LogP contribution in [-0.2, 0) is 16.0 Å². The minimum Gasteiger partial charge on any atom is -0.478 e. The molecule has 1 amide bonds. The number of hydrogen-bond donors (Lipinski definition) is 2. The Morgan fingerprint density at radius 2 is 2.25 bits per heavy atom. The molecule has 0 aromatic carbocycles. The number of aliphatic carboxylic acids is 1. The van der Waals surface area contributed by atoms with Gasteiger partial charge in [-0.1, -0.05) is 17.4 Å². The van der Waals surface area contributed by atoms with Crippen LogP contribution in [-0.4, -0.2) is 27.0 Å². The Morgan fingerprint density at radius 3 is 2.95 bits per heavy atom. The van der Waals surface area contributed by atoms with Gasteiger partial charge in [0.05, 0.1) is 6.42 Å². The third-order valence-electron chi connectivity index (χ3n) is 2.25. The van der Waals surface area contributed by atoms with E-state index in [1.54, 1.807) is 18.5 Å². The van der Waals surface area contributed by atoms with Crippen molar-refractivity contribution in [3.63, 3.8) is 0 Å². The molecule has 2 aromatic heterocycles. The molecule has 7 heteroatoms. The average molecular weight is 289 g/mol. The molecule has 0 unspecified atom stereocenters. The number of carboxylic acids is 1. The highest BCUT2D eigenvalue weighted by Gasteiger charge is 2.07. The second kappa shape index (κ2) is 6.58. The lowest BCUT2D eigenvalue weighted by atomic mass is 10.2. The number of carbonyl (C=O) groups excluding carboxylic acids is 1. The number of hydrogen-bond acceptors (Lipinski definition) is 5. The van der Waals surface area contributed by atoms with Gasteiger partial charge in [0.25, 0.3) is 0 Å². The first-order valence-corrected chi connectivity index (χ1v) is 6.51. The molecule has 0 spiro atoms. The summed E-state index contributed by atoms with van der Waals surface area (Å²) in [6, 6.07) is 3.58. The van der Waals surface area contributed by atoms with Crippen molar-refractivity contribution in [3.8, 4) is 0 Å². The summed E-state index contributed by atoms with van der Waals surface area (Å²) >= 11 is 1.20. The zero-order chi connectivity index (χ0) is 14.4. The molecule has 0 saturated carbocycles. The van der Waals surface area contributed by atoms with Gasteiger partial charge in [0, 0.05) is 29.5 Å². The molecule has 0 radical (unpaired) electrons. The van der Waals surface area contributed by atoms with Gasteiger partial charge in [-0.05, 0) is 17.7 Å². The van der Waals surface area contributed by atoms with Crippen molar-refractivity contribution < 1.29 is 14.7 Å². The van der Waals surface area contributed by atoms with Crippen molar-refractivity contribution in [3.05, 3.63) is 47.2 Å². The number of anilines is 1. The summed E-state index contributed by atoms with van der Waals surface area (Å²) in [5.41, 5.74) is 0.813. The molecule has 0 bridgehead atoms. The van der Waals surface area contributed by atoms with Gasteiger partial charge in [0.1, 0.15) is 0 Å². The number of rotatable bonds is 5. The molecular formula is C13H11N3O3S. The van der Waals surface area contributed by atoms with Crippen molar-refractivity contribution in [1.29, 1.82) is 0 Å². The summed E-state index contributed by atoms with van der Waals surface area (Å²) in [6.07, 6.45) is 7.44. The Kier molecular flexibility index (Phi) is 4.56. The molecule has 2 heterocycles. The quantitative estimate of drug-likeness (QED) is 0.819. The van der Waals surface area contributed by atoms with Crippen molar-refractivity contribution in [1.82, 2.24) is 9.97 Å². The first-order chi connectivity index (χ1) is 9.63. The number of carbonyl (C=O) groups is 2. The van der Waals surface area contributed by atoms with Crippen LogP contribution in [0.2, 0.25) is 0 Å². The predicted octanol–water partition coefficient (Wildman–Crippen LogP) is 1.82. The van der Waals surface area contributed by atoms with Gasteiger partial charge in [-0.15, -0.1) is 0 Å². The molecule has 0 fully saturated rings. The normalized spacial score (nSPS) is 10.6. The van der Waals surface area contributed by atoms with Gasteiger partial charge in [0.2, 0.25) is 5.91 Å². The minimum absolute atomic E-state index is 0.193. The van der Waals surface area contributed by atoms with Crippen molar-refractivity contribution >= 4 is 34.4 Å². The molecule has 2 N–H and O–H groups in total. The molecule has 0 aliphatic carbocycles. The maximum atomic E-state index is 11.8. The van der Waals surface area contributed by atoms with Crippen LogP contribution in [0.3, 0.4) is 0 Å². The van der Waals surface area contributed by atoms with E-state index >= 15 is 0 Å². The average Bonchev–Trinajstić information content (AvgIpc) is 2.85. The van der Waals surface area contributed by atoms with E-state index in [1.807, 2.05) is 6.07 Å². The van der Waals surface area contributed by atoms with Gasteiger partial charge in [-0.2, -0.15) is 0 Å². The summed E-state index contributed by atoms with van der Waals surface area (Å²) < 4.78 is 0. The Balaban J connectivity index is 1.93. The van der Waals surface area contributed by atoms with Crippen LogP contribution < -0.4 is 5.32 Å². The summed E-state index contributed by atoms with van der Waals surface area (Å²) in [4.78, 5) is 30.7. The van der Waals surface area contributed by atoms with Crippen LogP contribution in [0.1, 0.15) is 10.4 Å². The number of aromatic nitrogens is 2. The summed E-state index contributed by atoms with van der Waals surface area (Å²) in [5, 5.41) is 11.6. The maximum Gasteiger partial charge on any atom is 0.328 e. The van der Waals surface area contributed by atoms with Crippen LogP contribution in [0.4, 0.5) is 5.13 Å². The van der Waals surface area contributed by atoms with Gasteiger partial charge in [0.15, 0.2) is 5.13 Å². The van der Waals surface area contributed by atoms with E-state index < -0.39 is 5.97 Å². The topological polar surface area (TPSA) is 92.2 Å². The second-order valence-electron chi connectivity index (χ2n) is 3.83. The van der Waals surface area contributed by atoms with E-state index in [9.17, 15) is 9.59 Å². The van der Waals surface area contributed by atoms with Crippen LogP contribution >= 0.6 is 11.3 Å². The highest BCUT2D eigenvalue weighted by molar-refractivity contribution is 7.16. The second-order valence-corrected chi connectivity index (χ2v) is 4.89. The molecule has 6 nitrogen and oxygen atoms in total. The highest BCUT2D eigenvalue weighted by atomic mass is 32.1. The SMILES string of the molecule is O=C(O)C=Cc1cnc(NC(=O)Cc2cccnc2)s1. The van der Waals surface area contributed by atoms with E-state index in [4.69, 9.17) is 5.11 Å². The van der Waals surface area contributed by atoms with E-state index in [-0.39, 0.29) is 12.3 Å². The molecular weight excluding hydrogens is 278 g/mol. The van der Waals surface area contributed by atoms with Crippen LogP contribution in [0.15, 0.2) is 36.8 Å². The largest absolute Gasteiger partial charge is 0.478 e. The first-order valence-electron chi connectivity index (χ1n) is 5.69. The number of amides is 1. The van der Waals surface area contributed by atoms with Crippen LogP contribution in [0.25, 0.3) is 6.08 Å². The zero-order valence-electron chi connectivity index (χ0n) is 10.3. The molecule has 102 valence electrons. The van der Waals surface area contributed by atoms with E-state index in [0.29, 0.717) is 10.0 Å². The third-order valence-corrected chi connectivity index (χ3v) is 3.13. The molecule has 2 aromatic rings. The minimum atomic E-state index is -1.03. The van der Waals surface area contributed by atoms with Gasteiger partial charge in [-0.3, -0.25) is 9.78 Å². The summed E-state index contributed by atoms with van der Waals surface area (Å²) in [7, 11) is 0. The van der Waals surface area contributed by atoms with Gasteiger partial charge < -0.3 is 10.4 Å². The van der Waals surface area contributed by atoms with E-state index in [2.05, 4.69) is 15.3 Å². The van der Waals surface area contributed by atoms with Crippen LogP contribution in [0, 0.1) is 0 Å². The Labute approximate surface area is 118 Å². The monoisotopic (exact) mass is 289 g/mol. The molecule has 0 aliphatic rings. The predicted molar refractivity (Wildman–Crippen MR) is 75.4 cm³/mol. The molecule has 20 heavy (non-hydrogen) atoms. The van der Waals surface area contributed by atoms with Crippen molar-refractivity contribution in [2.75, 3.05) is 5.32 Å². The zero-order valence-corrected chi connectivity index (χ0v) is 11.1. The van der Waals surface area contributed by atoms with Crippen molar-refractivity contribution in [2.24, 2.45) is 0 Å². The molecule has 0 atom stereocenters. The van der Waals surface area contributed by atoms with Gasteiger partial charge in [-0.25, -0.2) is 9.78 Å². The molecule has 0 aliphatic heterocycles. The standard InChI is InChI=1S/C13H11N3O3S/c17-11(6-9-2-1-5-14-7-9)16-13-15-8-10(20-13)3-4-12(18)19/h1-5,7-8H,6H2,(H,18,19)(H,15,16,17). The molecule has 0 saturated heterocycles.